The summed E-state index contributed by atoms with van der Waals surface area (Å²) in [4.78, 5) is 11.3. The second-order valence-corrected chi connectivity index (χ2v) is 6.98. The highest BCUT2D eigenvalue weighted by atomic mass is 127. The first-order valence-electron chi connectivity index (χ1n) is 10.2. The summed E-state index contributed by atoms with van der Waals surface area (Å²) in [5.74, 6) is 0.879. The van der Waals surface area contributed by atoms with E-state index in [4.69, 9.17) is 9.73 Å². The van der Waals surface area contributed by atoms with Gasteiger partial charge in [-0.2, -0.15) is 0 Å². The van der Waals surface area contributed by atoms with Crippen molar-refractivity contribution in [3.05, 3.63) is 54.1 Å². The number of imidazole rings is 1. The topological polar surface area (TPSA) is 66.7 Å². The van der Waals surface area contributed by atoms with E-state index in [1.807, 2.05) is 18.7 Å². The van der Waals surface area contributed by atoms with Gasteiger partial charge in [0.15, 0.2) is 5.96 Å². The molecule has 8 heteroatoms. The van der Waals surface area contributed by atoms with Gasteiger partial charge in [0.25, 0.3) is 0 Å². The first kappa shape index (κ1) is 23.6. The van der Waals surface area contributed by atoms with E-state index < -0.39 is 0 Å². The van der Waals surface area contributed by atoms with Gasteiger partial charge in [-0.25, -0.2) is 9.98 Å². The van der Waals surface area contributed by atoms with Crippen molar-refractivity contribution in [1.82, 2.24) is 25.1 Å². The first-order chi connectivity index (χ1) is 13.8. The number of hydrogen-bond acceptors (Lipinski definition) is 4. The number of aromatic nitrogens is 2. The first-order valence-corrected chi connectivity index (χ1v) is 10.2. The van der Waals surface area contributed by atoms with Gasteiger partial charge in [0.1, 0.15) is 0 Å². The number of hydrogen-bond donors (Lipinski definition) is 2. The van der Waals surface area contributed by atoms with Gasteiger partial charge in [-0.3, -0.25) is 4.90 Å². The SMILES string of the molecule is CCNC(=NCc1cccc(Cn2ccnc2)c1)NCCCN1CCOCC1.I. The van der Waals surface area contributed by atoms with Crippen molar-refractivity contribution in [2.75, 3.05) is 45.9 Å². The standard InChI is InChI=1S/C21H32N6O.HI/c1-2-23-21(24-7-4-9-26-11-13-28-14-12-26)25-16-19-5-3-6-20(15-19)17-27-10-8-22-18-27;/h3,5-6,8,10,15,18H,2,4,7,9,11-14,16-17H2,1H3,(H2,23,24,25);1H. The van der Waals surface area contributed by atoms with Crippen molar-refractivity contribution in [3.8, 4) is 0 Å². The van der Waals surface area contributed by atoms with Crippen molar-refractivity contribution in [1.29, 1.82) is 0 Å². The van der Waals surface area contributed by atoms with Crippen LogP contribution in [-0.2, 0) is 17.8 Å². The van der Waals surface area contributed by atoms with Crippen molar-refractivity contribution >= 4 is 29.9 Å². The molecule has 3 rings (SSSR count). The van der Waals surface area contributed by atoms with Gasteiger partial charge in [0, 0.05) is 45.1 Å². The fourth-order valence-corrected chi connectivity index (χ4v) is 3.26. The van der Waals surface area contributed by atoms with Crippen LogP contribution in [0.5, 0.6) is 0 Å². The fourth-order valence-electron chi connectivity index (χ4n) is 3.26. The predicted octanol–water partition coefficient (Wildman–Crippen LogP) is 2.33. The molecular weight excluding hydrogens is 479 g/mol. The molecule has 1 saturated heterocycles. The lowest BCUT2D eigenvalue weighted by atomic mass is 10.1. The second kappa shape index (κ2) is 13.6. The van der Waals surface area contributed by atoms with Gasteiger partial charge in [0.05, 0.1) is 26.1 Å². The third-order valence-corrected chi connectivity index (χ3v) is 4.73. The van der Waals surface area contributed by atoms with E-state index in [-0.39, 0.29) is 24.0 Å². The monoisotopic (exact) mass is 512 g/mol. The second-order valence-electron chi connectivity index (χ2n) is 6.98. The van der Waals surface area contributed by atoms with E-state index in [0.717, 1.165) is 64.9 Å². The minimum atomic E-state index is 0. The molecule has 1 aliphatic rings. The molecule has 0 saturated carbocycles. The number of aliphatic imine (C=N–C) groups is 1. The molecule has 0 atom stereocenters. The van der Waals surface area contributed by atoms with Crippen LogP contribution in [0.15, 0.2) is 48.0 Å². The largest absolute Gasteiger partial charge is 0.379 e. The van der Waals surface area contributed by atoms with Gasteiger partial charge < -0.3 is 19.9 Å². The maximum absolute atomic E-state index is 5.40. The highest BCUT2D eigenvalue weighted by Gasteiger charge is 2.09. The summed E-state index contributed by atoms with van der Waals surface area (Å²) in [6.07, 6.45) is 6.73. The lowest BCUT2D eigenvalue weighted by Gasteiger charge is -2.26. The molecule has 1 aromatic carbocycles. The molecule has 0 radical (unpaired) electrons. The predicted molar refractivity (Wildman–Crippen MR) is 128 cm³/mol. The van der Waals surface area contributed by atoms with Gasteiger partial charge in [-0.15, -0.1) is 24.0 Å². The average Bonchev–Trinajstić information content (AvgIpc) is 3.23. The molecule has 1 aliphatic heterocycles. The number of rotatable bonds is 9. The van der Waals surface area contributed by atoms with Gasteiger partial charge in [0.2, 0.25) is 0 Å². The Morgan fingerprint density at radius 1 is 1.21 bits per heavy atom. The molecule has 2 heterocycles. The molecule has 0 bridgehead atoms. The summed E-state index contributed by atoms with van der Waals surface area (Å²) in [7, 11) is 0. The highest BCUT2D eigenvalue weighted by molar-refractivity contribution is 14.0. The Morgan fingerprint density at radius 3 is 2.79 bits per heavy atom. The van der Waals surface area contributed by atoms with E-state index in [2.05, 4.69) is 56.3 Å². The zero-order valence-electron chi connectivity index (χ0n) is 17.2. The molecule has 0 unspecified atom stereocenters. The van der Waals surface area contributed by atoms with E-state index in [1.165, 1.54) is 11.1 Å². The molecule has 1 fully saturated rings. The van der Waals surface area contributed by atoms with Crippen LogP contribution in [0.25, 0.3) is 0 Å². The van der Waals surface area contributed by atoms with Crippen LogP contribution >= 0.6 is 24.0 Å². The number of nitrogens with one attached hydrogen (secondary N) is 2. The Labute approximate surface area is 191 Å². The van der Waals surface area contributed by atoms with Crippen molar-refractivity contribution in [2.45, 2.75) is 26.4 Å². The third-order valence-electron chi connectivity index (χ3n) is 4.73. The number of ether oxygens (including phenoxy) is 1. The Morgan fingerprint density at radius 2 is 2.03 bits per heavy atom. The molecule has 2 aromatic rings. The maximum Gasteiger partial charge on any atom is 0.191 e. The lowest BCUT2D eigenvalue weighted by molar-refractivity contribution is 0.0376. The van der Waals surface area contributed by atoms with Crippen LogP contribution in [0.2, 0.25) is 0 Å². The Kier molecular flexibility index (Phi) is 11.0. The Bertz CT molecular complexity index is 716. The average molecular weight is 512 g/mol. The van der Waals surface area contributed by atoms with Crippen molar-refractivity contribution in [3.63, 3.8) is 0 Å². The van der Waals surface area contributed by atoms with Gasteiger partial charge >= 0.3 is 0 Å². The van der Waals surface area contributed by atoms with Crippen molar-refractivity contribution in [2.24, 2.45) is 4.99 Å². The molecule has 0 spiro atoms. The van der Waals surface area contributed by atoms with Crippen LogP contribution in [0, 0.1) is 0 Å². The third kappa shape index (κ3) is 8.71. The molecular formula is C21H33IN6O. The minimum absolute atomic E-state index is 0. The molecule has 29 heavy (non-hydrogen) atoms. The molecule has 1 aromatic heterocycles. The quantitative estimate of drug-likeness (QED) is 0.234. The summed E-state index contributed by atoms with van der Waals surface area (Å²) in [6, 6.07) is 8.58. The Balaban J connectivity index is 0.00000300. The summed E-state index contributed by atoms with van der Waals surface area (Å²) in [5, 5.41) is 6.79. The number of halogens is 1. The summed E-state index contributed by atoms with van der Waals surface area (Å²) in [6.45, 7) is 10.3. The van der Waals surface area contributed by atoms with E-state index in [1.54, 1.807) is 0 Å². The summed E-state index contributed by atoms with van der Waals surface area (Å²) in [5.41, 5.74) is 2.47. The van der Waals surface area contributed by atoms with Crippen LogP contribution in [0.3, 0.4) is 0 Å². The van der Waals surface area contributed by atoms with Crippen LogP contribution < -0.4 is 10.6 Å². The zero-order chi connectivity index (χ0) is 19.4. The molecule has 160 valence electrons. The highest BCUT2D eigenvalue weighted by Crippen LogP contribution is 2.08. The van der Waals surface area contributed by atoms with E-state index >= 15 is 0 Å². The summed E-state index contributed by atoms with van der Waals surface area (Å²) >= 11 is 0. The van der Waals surface area contributed by atoms with Crippen molar-refractivity contribution < 1.29 is 4.74 Å². The van der Waals surface area contributed by atoms with E-state index in [9.17, 15) is 0 Å². The Hall–Kier alpha value is -1.65. The smallest absolute Gasteiger partial charge is 0.191 e. The zero-order valence-corrected chi connectivity index (χ0v) is 19.5. The lowest BCUT2D eigenvalue weighted by Crippen LogP contribution is -2.40. The molecule has 2 N–H and O–H groups in total. The summed E-state index contributed by atoms with van der Waals surface area (Å²) < 4.78 is 7.47. The number of nitrogens with zero attached hydrogens (tertiary/aromatic N) is 4. The number of benzene rings is 1. The maximum atomic E-state index is 5.40. The molecule has 0 amide bonds. The van der Waals surface area contributed by atoms with Gasteiger partial charge in [-0.05, 0) is 31.0 Å². The van der Waals surface area contributed by atoms with E-state index in [0.29, 0.717) is 6.54 Å². The van der Waals surface area contributed by atoms with Gasteiger partial charge in [-0.1, -0.05) is 24.3 Å². The van der Waals surface area contributed by atoms with Crippen LogP contribution in [0.4, 0.5) is 0 Å². The van der Waals surface area contributed by atoms with Crippen LogP contribution in [0.1, 0.15) is 24.5 Å². The number of guanidine groups is 1. The molecule has 0 aliphatic carbocycles. The number of morpholine rings is 1. The van der Waals surface area contributed by atoms with Crippen LogP contribution in [-0.4, -0.2) is 66.3 Å². The molecule has 7 nitrogen and oxygen atoms in total. The normalized spacial score (nSPS) is 15.0. The minimum Gasteiger partial charge on any atom is -0.379 e. The fraction of sp³-hybridized carbons (Fsp3) is 0.524.